The molecular formula is C40H43N3O8. The summed E-state index contributed by atoms with van der Waals surface area (Å²) >= 11 is 0. The minimum Gasteiger partial charge on any atom is -0.374 e. The molecule has 3 fully saturated rings. The summed E-state index contributed by atoms with van der Waals surface area (Å²) in [5.74, 6) is 0. The van der Waals surface area contributed by atoms with Gasteiger partial charge in [0.25, 0.3) is 0 Å². The van der Waals surface area contributed by atoms with E-state index in [1.54, 1.807) is 0 Å². The molecule has 0 aromatic heterocycles. The van der Waals surface area contributed by atoms with E-state index in [4.69, 9.17) is 37.9 Å². The molecule has 7 rings (SSSR count). The van der Waals surface area contributed by atoms with Crippen molar-refractivity contribution in [3.8, 4) is 0 Å². The number of hydrogen-bond acceptors (Lipinski definition) is 9. The van der Waals surface area contributed by atoms with Crippen LogP contribution in [0.2, 0.25) is 0 Å². The molecule has 0 spiro atoms. The number of ether oxygens (including phenoxy) is 8. The third-order valence-corrected chi connectivity index (χ3v) is 9.29. The van der Waals surface area contributed by atoms with Crippen LogP contribution < -0.4 is 0 Å². The average molecular weight is 694 g/mol. The van der Waals surface area contributed by atoms with Gasteiger partial charge in [0.1, 0.15) is 36.6 Å². The van der Waals surface area contributed by atoms with Crippen LogP contribution in [0, 0.1) is 0 Å². The van der Waals surface area contributed by atoms with Gasteiger partial charge in [0.2, 0.25) is 0 Å². The van der Waals surface area contributed by atoms with Crippen LogP contribution in [0.15, 0.2) is 126 Å². The molecule has 11 nitrogen and oxygen atoms in total. The maximum absolute atomic E-state index is 9.49. The van der Waals surface area contributed by atoms with Crippen molar-refractivity contribution in [3.63, 3.8) is 0 Å². The Bertz CT molecular complexity index is 1660. The Labute approximate surface area is 297 Å². The summed E-state index contributed by atoms with van der Waals surface area (Å²) in [6.07, 6.45) is -4.27. The highest BCUT2D eigenvalue weighted by atomic mass is 16.8. The van der Waals surface area contributed by atoms with Gasteiger partial charge < -0.3 is 37.9 Å². The van der Waals surface area contributed by atoms with Gasteiger partial charge in [-0.1, -0.05) is 126 Å². The fraction of sp³-hybridized carbons (Fsp3) is 0.400. The fourth-order valence-corrected chi connectivity index (χ4v) is 6.73. The van der Waals surface area contributed by atoms with Crippen molar-refractivity contribution < 1.29 is 37.9 Å². The molecule has 0 N–H and O–H groups in total. The third-order valence-electron chi connectivity index (χ3n) is 9.29. The summed E-state index contributed by atoms with van der Waals surface area (Å²) in [5.41, 5.74) is 13.6. The zero-order valence-corrected chi connectivity index (χ0v) is 28.3. The standard InChI is InChI=1S/C40H43N3O8/c41-43-42-36-39(47-25-31-19-11-4-12-20-31)38(34-27-48-40(36)50-34)51-35-21-32(45-23-29-15-7-2-8-16-29)37(46-24-30-17-9-3-10-18-30)33(49-35)26-44-22-28-13-5-1-6-14-28/h1-20,32-40H,21-27H2/t32-,33-,34-,35-,36-,37+,38-,39-,40-/m1/s1. The lowest BCUT2D eigenvalue weighted by Gasteiger charge is -2.45. The largest absolute Gasteiger partial charge is 0.374 e. The summed E-state index contributed by atoms with van der Waals surface area (Å²) in [7, 11) is 0. The molecule has 0 unspecified atom stereocenters. The molecule has 3 heterocycles. The molecule has 0 aliphatic carbocycles. The Hall–Kier alpha value is -4.13. The van der Waals surface area contributed by atoms with Crippen LogP contribution in [0.5, 0.6) is 0 Å². The summed E-state index contributed by atoms with van der Waals surface area (Å²) in [6, 6.07) is 39.2. The number of nitrogens with zero attached hydrogens (tertiary/aromatic N) is 3. The molecule has 3 aliphatic rings. The smallest absolute Gasteiger partial charge is 0.169 e. The van der Waals surface area contributed by atoms with Crippen LogP contribution >= 0.6 is 0 Å². The van der Waals surface area contributed by atoms with E-state index in [1.807, 2.05) is 121 Å². The van der Waals surface area contributed by atoms with Gasteiger partial charge >= 0.3 is 0 Å². The molecule has 2 bridgehead atoms. The van der Waals surface area contributed by atoms with Gasteiger partial charge in [-0.15, -0.1) is 0 Å². The van der Waals surface area contributed by atoms with E-state index in [0.29, 0.717) is 32.8 Å². The molecule has 266 valence electrons. The Morgan fingerprint density at radius 1 is 0.627 bits per heavy atom. The highest BCUT2D eigenvalue weighted by molar-refractivity contribution is 5.16. The molecule has 4 aromatic rings. The van der Waals surface area contributed by atoms with Crippen molar-refractivity contribution in [3.05, 3.63) is 154 Å². The molecule has 0 radical (unpaired) electrons. The zero-order chi connectivity index (χ0) is 34.7. The van der Waals surface area contributed by atoms with Gasteiger partial charge in [0.15, 0.2) is 12.6 Å². The van der Waals surface area contributed by atoms with E-state index in [2.05, 4.69) is 10.0 Å². The van der Waals surface area contributed by atoms with Crippen LogP contribution in [-0.2, 0) is 64.3 Å². The quantitative estimate of drug-likeness (QED) is 0.0706. The topological polar surface area (TPSA) is 123 Å². The lowest BCUT2D eigenvalue weighted by atomic mass is 9.97. The predicted octanol–water partition coefficient (Wildman–Crippen LogP) is 6.89. The van der Waals surface area contributed by atoms with Gasteiger partial charge in [-0.3, -0.25) is 0 Å². The van der Waals surface area contributed by atoms with Crippen molar-refractivity contribution in [2.75, 3.05) is 13.2 Å². The number of azide groups is 1. The number of rotatable bonds is 16. The minimum absolute atomic E-state index is 0.241. The van der Waals surface area contributed by atoms with Gasteiger partial charge in [-0.05, 0) is 27.8 Å². The molecule has 3 aliphatic heterocycles. The van der Waals surface area contributed by atoms with E-state index >= 15 is 0 Å². The van der Waals surface area contributed by atoms with Crippen molar-refractivity contribution in [2.45, 2.75) is 88.1 Å². The highest BCUT2D eigenvalue weighted by Gasteiger charge is 2.53. The molecule has 3 saturated heterocycles. The number of hydrogen-bond donors (Lipinski definition) is 0. The summed E-state index contributed by atoms with van der Waals surface area (Å²) < 4.78 is 51.6. The van der Waals surface area contributed by atoms with Crippen molar-refractivity contribution in [2.24, 2.45) is 5.11 Å². The van der Waals surface area contributed by atoms with Gasteiger partial charge in [0, 0.05) is 11.3 Å². The van der Waals surface area contributed by atoms with E-state index in [-0.39, 0.29) is 13.2 Å². The maximum Gasteiger partial charge on any atom is 0.169 e. The summed E-state index contributed by atoms with van der Waals surface area (Å²) in [6.45, 7) is 1.97. The summed E-state index contributed by atoms with van der Waals surface area (Å²) in [5, 5.41) is 4.05. The SMILES string of the molecule is [N-]=[N+]=N[C@H]1[C@@H]2OC[C@@H](O2)[C@@H](O[C@@H]2C[C@@H](OCc3ccccc3)[C@H](OCc3ccccc3)[C@@H](COCc3ccccc3)O2)[C@@H]1OCc1ccccc1. The van der Waals surface area contributed by atoms with Gasteiger partial charge in [-0.25, -0.2) is 0 Å². The van der Waals surface area contributed by atoms with Crippen LogP contribution in [-0.4, -0.2) is 68.5 Å². The second-order valence-corrected chi connectivity index (χ2v) is 12.9. The molecular weight excluding hydrogens is 650 g/mol. The monoisotopic (exact) mass is 693 g/mol. The Kier molecular flexibility index (Phi) is 12.4. The van der Waals surface area contributed by atoms with Crippen molar-refractivity contribution >= 4 is 0 Å². The van der Waals surface area contributed by atoms with E-state index in [9.17, 15) is 5.53 Å². The first-order valence-corrected chi connectivity index (χ1v) is 17.4. The normalized spacial score (nSPS) is 28.6. The van der Waals surface area contributed by atoms with E-state index in [0.717, 1.165) is 22.3 Å². The highest BCUT2D eigenvalue weighted by Crippen LogP contribution is 2.37. The second kappa shape index (κ2) is 17.9. The van der Waals surface area contributed by atoms with Gasteiger partial charge in [-0.2, -0.15) is 0 Å². The minimum atomic E-state index is -0.761. The van der Waals surface area contributed by atoms with Gasteiger partial charge in [0.05, 0.1) is 45.7 Å². The predicted molar refractivity (Wildman–Crippen MR) is 187 cm³/mol. The first-order valence-electron chi connectivity index (χ1n) is 17.4. The Balaban J connectivity index is 1.13. The lowest BCUT2D eigenvalue weighted by Crippen LogP contribution is -2.59. The van der Waals surface area contributed by atoms with Crippen molar-refractivity contribution in [1.82, 2.24) is 0 Å². The Morgan fingerprint density at radius 3 is 1.73 bits per heavy atom. The molecule has 0 saturated carbocycles. The number of benzene rings is 4. The first-order chi connectivity index (χ1) is 25.2. The van der Waals surface area contributed by atoms with Crippen LogP contribution in [0.1, 0.15) is 28.7 Å². The molecule has 51 heavy (non-hydrogen) atoms. The van der Waals surface area contributed by atoms with E-state index in [1.165, 1.54) is 0 Å². The molecule has 4 aromatic carbocycles. The van der Waals surface area contributed by atoms with Crippen molar-refractivity contribution in [1.29, 1.82) is 0 Å². The third kappa shape index (κ3) is 9.41. The average Bonchev–Trinajstić information content (AvgIpc) is 3.62. The summed E-state index contributed by atoms with van der Waals surface area (Å²) in [4.78, 5) is 3.10. The first kappa shape index (κ1) is 35.3. The molecule has 9 atom stereocenters. The maximum atomic E-state index is 9.49. The Morgan fingerprint density at radius 2 is 1.16 bits per heavy atom. The second-order valence-electron chi connectivity index (χ2n) is 12.9. The zero-order valence-electron chi connectivity index (χ0n) is 28.3. The fourth-order valence-electron chi connectivity index (χ4n) is 6.73. The molecule has 0 amide bonds. The number of fused-ring (bicyclic) bond motifs is 2. The lowest BCUT2D eigenvalue weighted by molar-refractivity contribution is -0.313. The molecule has 11 heteroatoms. The van der Waals surface area contributed by atoms with E-state index < -0.39 is 55.2 Å². The van der Waals surface area contributed by atoms with Crippen LogP contribution in [0.4, 0.5) is 0 Å². The van der Waals surface area contributed by atoms with Crippen LogP contribution in [0.25, 0.3) is 10.4 Å². The van der Waals surface area contributed by atoms with Crippen LogP contribution in [0.3, 0.4) is 0 Å².